The molecule has 1 amide bonds. The van der Waals surface area contributed by atoms with Gasteiger partial charge in [-0.1, -0.05) is 54.6 Å². The van der Waals surface area contributed by atoms with Gasteiger partial charge >= 0.3 is 0 Å². The van der Waals surface area contributed by atoms with E-state index in [-0.39, 0.29) is 11.3 Å². The maximum atomic E-state index is 12.6. The highest BCUT2D eigenvalue weighted by Crippen LogP contribution is 2.13. The van der Waals surface area contributed by atoms with E-state index in [1.165, 1.54) is 4.68 Å². The number of hydrazone groups is 1. The third-order valence-corrected chi connectivity index (χ3v) is 4.01. The SMILES string of the molecule is CCn1nc(C(=O)N/N=C\C(C)=C\c2ccccc2)c2ccccc2c1=O. The largest absolute Gasteiger partial charge is 0.292 e. The van der Waals surface area contributed by atoms with Crippen LogP contribution in [0.5, 0.6) is 0 Å². The minimum absolute atomic E-state index is 0.175. The molecule has 1 N–H and O–H groups in total. The summed E-state index contributed by atoms with van der Waals surface area (Å²) in [6, 6.07) is 16.8. The number of rotatable bonds is 5. The number of nitrogens with one attached hydrogen (secondary N) is 1. The Hall–Kier alpha value is -3.54. The van der Waals surface area contributed by atoms with E-state index >= 15 is 0 Å². The first-order chi connectivity index (χ1) is 13.1. The lowest BCUT2D eigenvalue weighted by Crippen LogP contribution is -2.28. The van der Waals surface area contributed by atoms with E-state index in [9.17, 15) is 9.59 Å². The Bertz CT molecular complexity index is 1080. The van der Waals surface area contributed by atoms with Crippen molar-refractivity contribution in [2.45, 2.75) is 20.4 Å². The van der Waals surface area contributed by atoms with E-state index in [1.54, 1.807) is 37.4 Å². The fourth-order valence-electron chi connectivity index (χ4n) is 2.71. The van der Waals surface area contributed by atoms with Crippen molar-refractivity contribution in [3.8, 4) is 0 Å². The summed E-state index contributed by atoms with van der Waals surface area (Å²) in [5.41, 5.74) is 4.39. The summed E-state index contributed by atoms with van der Waals surface area (Å²) in [6.45, 7) is 4.08. The molecule has 6 heteroatoms. The van der Waals surface area contributed by atoms with Crippen molar-refractivity contribution in [1.29, 1.82) is 0 Å². The predicted molar refractivity (Wildman–Crippen MR) is 108 cm³/mol. The molecule has 136 valence electrons. The molecule has 0 bridgehead atoms. The molecule has 0 aliphatic heterocycles. The van der Waals surface area contributed by atoms with Gasteiger partial charge in [0.15, 0.2) is 5.69 Å². The van der Waals surface area contributed by atoms with Crippen LogP contribution in [0.4, 0.5) is 0 Å². The first-order valence-corrected chi connectivity index (χ1v) is 8.66. The average Bonchev–Trinajstić information content (AvgIpc) is 2.69. The molecule has 3 aromatic rings. The molecule has 0 aliphatic rings. The third-order valence-electron chi connectivity index (χ3n) is 4.01. The summed E-state index contributed by atoms with van der Waals surface area (Å²) in [5, 5.41) is 9.17. The molecule has 0 aliphatic carbocycles. The molecule has 0 saturated carbocycles. The summed E-state index contributed by atoms with van der Waals surface area (Å²) >= 11 is 0. The van der Waals surface area contributed by atoms with Gasteiger partial charge in [0.1, 0.15) is 0 Å². The van der Waals surface area contributed by atoms with Crippen molar-refractivity contribution in [3.05, 3.63) is 81.8 Å². The predicted octanol–water partition coefficient (Wildman–Crippen LogP) is 3.24. The fraction of sp³-hybridized carbons (Fsp3) is 0.143. The molecule has 0 unspecified atom stereocenters. The van der Waals surface area contributed by atoms with Gasteiger partial charge in [-0.05, 0) is 31.1 Å². The van der Waals surface area contributed by atoms with Crippen LogP contribution in [0.1, 0.15) is 29.9 Å². The molecule has 1 aromatic heterocycles. The highest BCUT2D eigenvalue weighted by Gasteiger charge is 2.15. The molecular formula is C21H20N4O2. The molecule has 3 rings (SSSR count). The molecule has 0 saturated heterocycles. The van der Waals surface area contributed by atoms with Crippen LogP contribution in [0.25, 0.3) is 16.8 Å². The Balaban J connectivity index is 1.83. The number of carbonyl (C=O) groups excluding carboxylic acids is 1. The maximum absolute atomic E-state index is 12.6. The van der Waals surface area contributed by atoms with Crippen molar-refractivity contribution < 1.29 is 4.79 Å². The number of amides is 1. The summed E-state index contributed by atoms with van der Waals surface area (Å²) in [7, 11) is 0. The van der Waals surface area contributed by atoms with Gasteiger partial charge in [-0.25, -0.2) is 10.1 Å². The van der Waals surface area contributed by atoms with E-state index in [0.29, 0.717) is 17.3 Å². The van der Waals surface area contributed by atoms with Crippen molar-refractivity contribution in [2.24, 2.45) is 5.10 Å². The van der Waals surface area contributed by atoms with Crippen LogP contribution in [0, 0.1) is 0 Å². The number of fused-ring (bicyclic) bond motifs is 1. The smallest absolute Gasteiger partial charge is 0.267 e. The number of aryl methyl sites for hydroxylation is 1. The van der Waals surface area contributed by atoms with E-state index in [2.05, 4.69) is 15.6 Å². The topological polar surface area (TPSA) is 76.3 Å². The first kappa shape index (κ1) is 18.3. The van der Waals surface area contributed by atoms with Crippen LogP contribution < -0.4 is 11.0 Å². The van der Waals surface area contributed by atoms with E-state index in [0.717, 1.165) is 11.1 Å². The fourth-order valence-corrected chi connectivity index (χ4v) is 2.71. The van der Waals surface area contributed by atoms with Crippen molar-refractivity contribution in [2.75, 3.05) is 0 Å². The quantitative estimate of drug-likeness (QED) is 0.560. The van der Waals surface area contributed by atoms with Gasteiger partial charge in [0.25, 0.3) is 11.5 Å². The van der Waals surface area contributed by atoms with Crippen LogP contribution in [-0.4, -0.2) is 21.9 Å². The first-order valence-electron chi connectivity index (χ1n) is 8.66. The standard InChI is InChI=1S/C21H20N4O2/c1-3-25-21(27)18-12-8-7-11-17(18)19(24-25)20(26)23-22-14-15(2)13-16-9-5-4-6-10-16/h4-14H,3H2,1-2H3,(H,23,26)/b15-13+,22-14-. The number of hydrogen-bond donors (Lipinski definition) is 1. The summed E-state index contributed by atoms with van der Waals surface area (Å²) in [5.74, 6) is -0.461. The summed E-state index contributed by atoms with van der Waals surface area (Å²) in [6.07, 6.45) is 3.53. The van der Waals surface area contributed by atoms with Crippen LogP contribution >= 0.6 is 0 Å². The van der Waals surface area contributed by atoms with Gasteiger partial charge < -0.3 is 0 Å². The molecular weight excluding hydrogens is 340 g/mol. The van der Waals surface area contributed by atoms with E-state index < -0.39 is 5.91 Å². The average molecular weight is 360 g/mol. The van der Waals surface area contributed by atoms with Crippen LogP contribution in [-0.2, 0) is 6.54 Å². The van der Waals surface area contributed by atoms with Crippen molar-refractivity contribution >= 4 is 29.0 Å². The van der Waals surface area contributed by atoms with Gasteiger partial charge in [-0.2, -0.15) is 10.2 Å². The molecule has 0 spiro atoms. The Morgan fingerprint density at radius 1 is 1.11 bits per heavy atom. The number of aromatic nitrogens is 2. The molecule has 0 atom stereocenters. The zero-order valence-electron chi connectivity index (χ0n) is 15.2. The zero-order chi connectivity index (χ0) is 19.2. The highest BCUT2D eigenvalue weighted by atomic mass is 16.2. The number of carbonyl (C=O) groups is 1. The Kier molecular flexibility index (Phi) is 5.56. The van der Waals surface area contributed by atoms with Gasteiger partial charge in [0, 0.05) is 11.9 Å². The van der Waals surface area contributed by atoms with Gasteiger partial charge in [0.2, 0.25) is 0 Å². The second-order valence-electron chi connectivity index (χ2n) is 6.01. The molecule has 6 nitrogen and oxygen atoms in total. The normalized spacial score (nSPS) is 11.9. The Morgan fingerprint density at radius 3 is 2.48 bits per heavy atom. The number of nitrogens with zero attached hydrogens (tertiary/aromatic N) is 3. The lowest BCUT2D eigenvalue weighted by atomic mass is 10.1. The van der Waals surface area contributed by atoms with Crippen LogP contribution in [0.2, 0.25) is 0 Å². The number of hydrogen-bond acceptors (Lipinski definition) is 4. The molecule has 0 radical (unpaired) electrons. The molecule has 0 fully saturated rings. The second-order valence-corrected chi connectivity index (χ2v) is 6.01. The second kappa shape index (κ2) is 8.23. The molecule has 1 heterocycles. The third kappa shape index (κ3) is 4.17. The molecule has 27 heavy (non-hydrogen) atoms. The number of allylic oxidation sites excluding steroid dienone is 1. The number of benzene rings is 2. The van der Waals surface area contributed by atoms with Crippen LogP contribution in [0.3, 0.4) is 0 Å². The minimum atomic E-state index is -0.461. The summed E-state index contributed by atoms with van der Waals surface area (Å²) in [4.78, 5) is 24.9. The Morgan fingerprint density at radius 2 is 1.78 bits per heavy atom. The monoisotopic (exact) mass is 360 g/mol. The Labute approximate surface area is 156 Å². The van der Waals surface area contributed by atoms with Crippen molar-refractivity contribution in [3.63, 3.8) is 0 Å². The maximum Gasteiger partial charge on any atom is 0.292 e. The highest BCUT2D eigenvalue weighted by molar-refractivity contribution is 6.05. The lowest BCUT2D eigenvalue weighted by molar-refractivity contribution is 0.0949. The summed E-state index contributed by atoms with van der Waals surface area (Å²) < 4.78 is 1.28. The van der Waals surface area contributed by atoms with Gasteiger partial charge in [-0.3, -0.25) is 9.59 Å². The van der Waals surface area contributed by atoms with Crippen LogP contribution in [0.15, 0.2) is 70.1 Å². The minimum Gasteiger partial charge on any atom is -0.267 e. The lowest BCUT2D eigenvalue weighted by Gasteiger charge is -2.08. The van der Waals surface area contributed by atoms with Gasteiger partial charge in [-0.15, -0.1) is 0 Å². The zero-order valence-corrected chi connectivity index (χ0v) is 15.2. The van der Waals surface area contributed by atoms with Crippen molar-refractivity contribution in [1.82, 2.24) is 15.2 Å². The molecule has 2 aromatic carbocycles. The van der Waals surface area contributed by atoms with Gasteiger partial charge in [0.05, 0.1) is 11.6 Å². The van der Waals surface area contributed by atoms with E-state index in [1.807, 2.05) is 43.3 Å². The van der Waals surface area contributed by atoms with E-state index in [4.69, 9.17) is 0 Å².